The number of aromatic amines is 1. The number of carbonyl (C=O) groups excluding carboxylic acids is 2. The molecule has 4 rings (SSSR count). The predicted molar refractivity (Wildman–Crippen MR) is 101 cm³/mol. The molecule has 0 saturated carbocycles. The number of halogens is 3. The van der Waals surface area contributed by atoms with Crippen LogP contribution >= 0.6 is 0 Å². The van der Waals surface area contributed by atoms with Gasteiger partial charge in [-0.25, -0.2) is 13.2 Å². The average Bonchev–Trinajstić information content (AvgIpc) is 3.17. The van der Waals surface area contributed by atoms with Crippen LogP contribution in [0, 0.1) is 17.5 Å². The van der Waals surface area contributed by atoms with Crippen LogP contribution < -0.4 is 0 Å². The summed E-state index contributed by atoms with van der Waals surface area (Å²) in [5.74, 6) is -5.19. The maximum atomic E-state index is 13.9. The number of nitrogens with zero attached hydrogens (tertiary/aromatic N) is 2. The molecule has 5 nitrogen and oxygen atoms in total. The Morgan fingerprint density at radius 2 is 1.62 bits per heavy atom. The molecule has 1 fully saturated rings. The Labute approximate surface area is 164 Å². The summed E-state index contributed by atoms with van der Waals surface area (Å²) >= 11 is 0. The van der Waals surface area contributed by atoms with Crippen molar-refractivity contribution in [3.8, 4) is 0 Å². The Hall–Kier alpha value is -3.13. The third kappa shape index (κ3) is 3.63. The van der Waals surface area contributed by atoms with E-state index in [1.165, 1.54) is 4.90 Å². The topological polar surface area (TPSA) is 56.4 Å². The number of H-pyrrole nitrogens is 1. The summed E-state index contributed by atoms with van der Waals surface area (Å²) in [5.41, 5.74) is 1.01. The van der Waals surface area contributed by atoms with Crippen LogP contribution in [0.15, 0.2) is 42.6 Å². The minimum atomic E-state index is -1.65. The average molecular weight is 401 g/mol. The first kappa shape index (κ1) is 19.2. The van der Waals surface area contributed by atoms with Crippen molar-refractivity contribution in [3.05, 3.63) is 71.2 Å². The number of fused-ring (bicyclic) bond motifs is 1. The van der Waals surface area contributed by atoms with Gasteiger partial charge in [0.15, 0.2) is 23.2 Å². The molecule has 8 heteroatoms. The molecule has 1 aliphatic rings. The van der Waals surface area contributed by atoms with E-state index in [1.807, 2.05) is 29.2 Å². The van der Waals surface area contributed by atoms with Crippen molar-refractivity contribution in [1.82, 2.24) is 14.8 Å². The molecule has 0 radical (unpaired) electrons. The molecule has 3 aromatic rings. The van der Waals surface area contributed by atoms with E-state index in [4.69, 9.17) is 0 Å². The Balaban J connectivity index is 1.39. The molecule has 0 unspecified atom stereocenters. The van der Waals surface area contributed by atoms with E-state index < -0.39 is 28.9 Å². The third-order valence-corrected chi connectivity index (χ3v) is 5.18. The van der Waals surface area contributed by atoms with Gasteiger partial charge in [0.2, 0.25) is 0 Å². The molecule has 1 N–H and O–H groups in total. The van der Waals surface area contributed by atoms with E-state index >= 15 is 0 Å². The maximum absolute atomic E-state index is 13.9. The largest absolute Gasteiger partial charge is 0.360 e. The molecule has 1 aliphatic heterocycles. The number of amides is 1. The second-order valence-electron chi connectivity index (χ2n) is 6.96. The predicted octanol–water partition coefficient (Wildman–Crippen LogP) is 3.23. The lowest BCUT2D eigenvalue weighted by Crippen LogP contribution is -2.50. The smallest absolute Gasteiger partial charge is 0.257 e. The number of rotatable bonds is 4. The Kier molecular flexibility index (Phi) is 5.10. The maximum Gasteiger partial charge on any atom is 0.257 e. The van der Waals surface area contributed by atoms with Gasteiger partial charge in [-0.1, -0.05) is 18.2 Å². The molecule has 1 aromatic heterocycles. The van der Waals surface area contributed by atoms with Crippen molar-refractivity contribution in [2.24, 2.45) is 0 Å². The van der Waals surface area contributed by atoms with Crippen LogP contribution in [0.4, 0.5) is 13.2 Å². The SMILES string of the molecule is O=C(CN1CCN(C(=O)c2ccc(F)c(F)c2F)CC1)c1c[nH]c2ccccc12. The van der Waals surface area contributed by atoms with E-state index in [9.17, 15) is 22.8 Å². The van der Waals surface area contributed by atoms with Crippen molar-refractivity contribution in [2.45, 2.75) is 0 Å². The number of ketones is 1. The molecular weight excluding hydrogens is 383 g/mol. The zero-order chi connectivity index (χ0) is 20.5. The van der Waals surface area contributed by atoms with E-state index in [0.29, 0.717) is 18.7 Å². The summed E-state index contributed by atoms with van der Waals surface area (Å²) in [6.07, 6.45) is 1.69. The fraction of sp³-hybridized carbons (Fsp3) is 0.238. The van der Waals surface area contributed by atoms with Crippen LogP contribution in [0.1, 0.15) is 20.7 Å². The first-order valence-corrected chi connectivity index (χ1v) is 9.20. The number of piperazine rings is 1. The van der Waals surface area contributed by atoms with Crippen molar-refractivity contribution >= 4 is 22.6 Å². The molecule has 1 amide bonds. The number of para-hydroxylation sites is 1. The van der Waals surface area contributed by atoms with Gasteiger partial charge in [-0.05, 0) is 18.2 Å². The van der Waals surface area contributed by atoms with Gasteiger partial charge in [0, 0.05) is 48.8 Å². The van der Waals surface area contributed by atoms with Crippen LogP contribution in [0.25, 0.3) is 10.9 Å². The number of Topliss-reactive ketones (excluding diaryl/α,β-unsaturated/α-hetero) is 1. The second kappa shape index (κ2) is 7.71. The van der Waals surface area contributed by atoms with Gasteiger partial charge in [0.25, 0.3) is 5.91 Å². The van der Waals surface area contributed by atoms with E-state index in [0.717, 1.165) is 23.0 Å². The first-order valence-electron chi connectivity index (χ1n) is 9.20. The molecule has 2 heterocycles. The molecule has 29 heavy (non-hydrogen) atoms. The summed E-state index contributed by atoms with van der Waals surface area (Å²) in [4.78, 5) is 31.5. The van der Waals surface area contributed by atoms with Gasteiger partial charge in [-0.3, -0.25) is 14.5 Å². The minimum Gasteiger partial charge on any atom is -0.360 e. The highest BCUT2D eigenvalue weighted by Crippen LogP contribution is 2.20. The summed E-state index contributed by atoms with van der Waals surface area (Å²) < 4.78 is 40.4. The number of benzene rings is 2. The number of nitrogens with one attached hydrogen (secondary N) is 1. The number of hydrogen-bond donors (Lipinski definition) is 1. The van der Waals surface area contributed by atoms with Crippen molar-refractivity contribution in [3.63, 3.8) is 0 Å². The van der Waals surface area contributed by atoms with Crippen LogP contribution in [0.2, 0.25) is 0 Å². The lowest BCUT2D eigenvalue weighted by molar-refractivity contribution is 0.0619. The monoisotopic (exact) mass is 401 g/mol. The lowest BCUT2D eigenvalue weighted by Gasteiger charge is -2.34. The van der Waals surface area contributed by atoms with Gasteiger partial charge in [0.05, 0.1) is 12.1 Å². The minimum absolute atomic E-state index is 0.0334. The van der Waals surface area contributed by atoms with Crippen molar-refractivity contribution in [1.29, 1.82) is 0 Å². The van der Waals surface area contributed by atoms with Crippen LogP contribution in [-0.2, 0) is 0 Å². The van der Waals surface area contributed by atoms with Gasteiger partial charge in [0.1, 0.15) is 0 Å². The van der Waals surface area contributed by atoms with E-state index in [1.54, 1.807) is 6.20 Å². The van der Waals surface area contributed by atoms with Crippen LogP contribution in [-0.4, -0.2) is 59.2 Å². The highest BCUT2D eigenvalue weighted by Gasteiger charge is 2.27. The van der Waals surface area contributed by atoms with Gasteiger partial charge in [-0.2, -0.15) is 0 Å². The molecule has 0 atom stereocenters. The highest BCUT2D eigenvalue weighted by atomic mass is 19.2. The van der Waals surface area contributed by atoms with Crippen LogP contribution in [0.5, 0.6) is 0 Å². The van der Waals surface area contributed by atoms with Gasteiger partial charge >= 0.3 is 0 Å². The Morgan fingerprint density at radius 1 is 0.897 bits per heavy atom. The number of carbonyl (C=O) groups is 2. The number of hydrogen-bond acceptors (Lipinski definition) is 3. The van der Waals surface area contributed by atoms with Crippen molar-refractivity contribution in [2.75, 3.05) is 32.7 Å². The molecule has 2 aromatic carbocycles. The zero-order valence-corrected chi connectivity index (χ0v) is 15.4. The van der Waals surface area contributed by atoms with E-state index in [2.05, 4.69) is 4.98 Å². The number of aromatic nitrogens is 1. The fourth-order valence-electron chi connectivity index (χ4n) is 3.56. The van der Waals surface area contributed by atoms with Crippen molar-refractivity contribution < 1.29 is 22.8 Å². The highest BCUT2D eigenvalue weighted by molar-refractivity contribution is 6.08. The first-order chi connectivity index (χ1) is 14.0. The Bertz CT molecular complexity index is 1090. The standard InChI is InChI=1S/C21H18F3N3O2/c22-16-6-5-14(19(23)20(16)24)21(29)27-9-7-26(8-10-27)12-18(28)15-11-25-17-4-2-1-3-13(15)17/h1-6,11,25H,7-10,12H2. The molecule has 150 valence electrons. The normalized spacial score (nSPS) is 15.1. The molecule has 1 saturated heterocycles. The van der Waals surface area contributed by atoms with Gasteiger partial charge in [-0.15, -0.1) is 0 Å². The fourth-order valence-corrected chi connectivity index (χ4v) is 3.56. The Morgan fingerprint density at radius 3 is 2.38 bits per heavy atom. The summed E-state index contributed by atoms with van der Waals surface area (Å²) in [5, 5.41) is 0.861. The quantitative estimate of drug-likeness (QED) is 0.540. The lowest BCUT2D eigenvalue weighted by atomic mass is 10.1. The molecule has 0 spiro atoms. The third-order valence-electron chi connectivity index (χ3n) is 5.18. The van der Waals surface area contributed by atoms with Gasteiger partial charge < -0.3 is 9.88 Å². The molecular formula is C21H18F3N3O2. The molecule has 0 bridgehead atoms. The summed E-state index contributed by atoms with van der Waals surface area (Å²) in [6.45, 7) is 1.57. The second-order valence-corrected chi connectivity index (χ2v) is 6.96. The summed E-state index contributed by atoms with van der Waals surface area (Å²) in [7, 11) is 0. The van der Waals surface area contributed by atoms with Crippen LogP contribution in [0.3, 0.4) is 0 Å². The zero-order valence-electron chi connectivity index (χ0n) is 15.4. The molecule has 0 aliphatic carbocycles. The van der Waals surface area contributed by atoms with E-state index in [-0.39, 0.29) is 25.4 Å². The summed E-state index contributed by atoms with van der Waals surface area (Å²) in [6, 6.07) is 9.22.